The topological polar surface area (TPSA) is 70.2 Å². The summed E-state index contributed by atoms with van der Waals surface area (Å²) < 4.78 is 0. The number of benzene rings is 2. The molecule has 1 amide bonds. The van der Waals surface area contributed by atoms with Crippen LogP contribution >= 0.6 is 0 Å². The zero-order valence-corrected chi connectivity index (χ0v) is 14.8. The fourth-order valence-corrected chi connectivity index (χ4v) is 2.61. The normalized spacial score (nSPS) is 10.2. The first-order chi connectivity index (χ1) is 12.7. The molecule has 0 radical (unpaired) electrons. The Morgan fingerprint density at radius 1 is 1.00 bits per heavy atom. The van der Waals surface area contributed by atoms with Crippen LogP contribution in [0.25, 0.3) is 0 Å². The van der Waals surface area contributed by atoms with Crippen molar-refractivity contribution in [2.24, 2.45) is 0 Å². The Morgan fingerprint density at radius 2 is 1.69 bits per heavy atom. The summed E-state index contributed by atoms with van der Waals surface area (Å²) >= 11 is 0. The van der Waals surface area contributed by atoms with Crippen LogP contribution in [0.1, 0.15) is 13.8 Å². The van der Waals surface area contributed by atoms with Gasteiger partial charge in [0.25, 0.3) is 0 Å². The monoisotopic (exact) mass is 347 g/mol. The third-order valence-electron chi connectivity index (χ3n) is 3.76. The second kappa shape index (κ2) is 8.11. The molecular weight excluding hydrogens is 326 g/mol. The highest BCUT2D eigenvalue weighted by Gasteiger charge is 2.09. The van der Waals surface area contributed by atoms with Crippen molar-refractivity contribution in [3.8, 4) is 0 Å². The molecule has 0 aliphatic heterocycles. The van der Waals surface area contributed by atoms with Crippen LogP contribution in [0.5, 0.6) is 0 Å². The van der Waals surface area contributed by atoms with Gasteiger partial charge in [-0.2, -0.15) is 4.98 Å². The van der Waals surface area contributed by atoms with Crippen molar-refractivity contribution in [1.82, 2.24) is 9.97 Å². The second-order valence-electron chi connectivity index (χ2n) is 5.70. The number of aromatic nitrogens is 2. The molecule has 0 saturated heterocycles. The summed E-state index contributed by atoms with van der Waals surface area (Å²) in [6.45, 7) is 4.37. The summed E-state index contributed by atoms with van der Waals surface area (Å²) in [4.78, 5) is 22.1. The van der Waals surface area contributed by atoms with Crippen molar-refractivity contribution in [2.75, 3.05) is 22.1 Å². The van der Waals surface area contributed by atoms with E-state index in [4.69, 9.17) is 0 Å². The maximum Gasteiger partial charge on any atom is 0.229 e. The van der Waals surface area contributed by atoms with Gasteiger partial charge < -0.3 is 15.5 Å². The lowest BCUT2D eigenvalue weighted by atomic mass is 10.3. The van der Waals surface area contributed by atoms with Crippen LogP contribution in [0.3, 0.4) is 0 Å². The van der Waals surface area contributed by atoms with Gasteiger partial charge in [-0.15, -0.1) is 0 Å². The Bertz CT molecular complexity index is 865. The maximum absolute atomic E-state index is 11.1. The maximum atomic E-state index is 11.1. The predicted octanol–water partition coefficient (Wildman–Crippen LogP) is 4.34. The summed E-state index contributed by atoms with van der Waals surface area (Å²) in [5.74, 6) is 1.25. The van der Waals surface area contributed by atoms with Crippen molar-refractivity contribution in [2.45, 2.75) is 13.8 Å². The summed E-state index contributed by atoms with van der Waals surface area (Å²) in [6, 6.07) is 19.4. The zero-order chi connectivity index (χ0) is 18.4. The molecule has 26 heavy (non-hydrogen) atoms. The lowest BCUT2D eigenvalue weighted by Crippen LogP contribution is -2.17. The van der Waals surface area contributed by atoms with Crippen LogP contribution in [-0.4, -0.2) is 22.4 Å². The summed E-state index contributed by atoms with van der Waals surface area (Å²) in [5, 5.41) is 5.93. The van der Waals surface area contributed by atoms with E-state index >= 15 is 0 Å². The lowest BCUT2D eigenvalue weighted by Gasteiger charge is -2.22. The highest BCUT2D eigenvalue weighted by atomic mass is 16.1. The summed E-state index contributed by atoms with van der Waals surface area (Å²) in [6.07, 6.45) is 1.74. The first-order valence-corrected chi connectivity index (χ1v) is 8.46. The van der Waals surface area contributed by atoms with Crippen LogP contribution < -0.4 is 15.5 Å². The largest absolute Gasteiger partial charge is 0.327 e. The molecule has 3 rings (SSSR count). The Morgan fingerprint density at radius 3 is 2.35 bits per heavy atom. The highest BCUT2D eigenvalue weighted by molar-refractivity contribution is 5.88. The third-order valence-corrected chi connectivity index (χ3v) is 3.76. The average Bonchev–Trinajstić information content (AvgIpc) is 2.65. The molecule has 0 aliphatic rings. The number of anilines is 5. The number of rotatable bonds is 6. The van der Waals surface area contributed by atoms with Gasteiger partial charge in [-0.3, -0.25) is 4.79 Å². The number of carbonyl (C=O) groups excluding carboxylic acids is 1. The molecule has 0 unspecified atom stereocenters. The molecule has 3 aromatic rings. The van der Waals surface area contributed by atoms with E-state index < -0.39 is 0 Å². The summed E-state index contributed by atoms with van der Waals surface area (Å²) in [5.41, 5.74) is 2.68. The van der Waals surface area contributed by atoms with Crippen LogP contribution in [0.2, 0.25) is 0 Å². The van der Waals surface area contributed by atoms with Crippen LogP contribution in [0.15, 0.2) is 66.9 Å². The van der Waals surface area contributed by atoms with Crippen molar-refractivity contribution in [3.63, 3.8) is 0 Å². The molecule has 1 aromatic heterocycles. The van der Waals surface area contributed by atoms with E-state index in [9.17, 15) is 4.79 Å². The molecular formula is C20H21N5O. The van der Waals surface area contributed by atoms with Gasteiger partial charge in [0.1, 0.15) is 5.82 Å². The third kappa shape index (κ3) is 4.36. The molecule has 1 heterocycles. The van der Waals surface area contributed by atoms with E-state index in [-0.39, 0.29) is 5.91 Å². The zero-order valence-electron chi connectivity index (χ0n) is 14.8. The molecule has 6 nitrogen and oxygen atoms in total. The van der Waals surface area contributed by atoms with E-state index in [1.165, 1.54) is 6.92 Å². The Kier molecular flexibility index (Phi) is 5.43. The molecule has 0 aliphatic carbocycles. The van der Waals surface area contributed by atoms with E-state index in [1.807, 2.05) is 48.5 Å². The van der Waals surface area contributed by atoms with Gasteiger partial charge in [-0.25, -0.2) is 4.98 Å². The Hall–Kier alpha value is -3.41. The minimum Gasteiger partial charge on any atom is -0.327 e. The van der Waals surface area contributed by atoms with E-state index in [0.29, 0.717) is 5.95 Å². The molecule has 0 bridgehead atoms. The van der Waals surface area contributed by atoms with Gasteiger partial charge in [0, 0.05) is 36.7 Å². The quantitative estimate of drug-likeness (QED) is 0.694. The Balaban J connectivity index is 1.77. The number of hydrogen-bond donors (Lipinski definition) is 2. The SMILES string of the molecule is CCN(c1ccccc1)c1ccnc(Nc2ccc(NC(C)=O)cc2)n1. The molecule has 132 valence electrons. The fourth-order valence-electron chi connectivity index (χ4n) is 2.61. The highest BCUT2D eigenvalue weighted by Crippen LogP contribution is 2.24. The van der Waals surface area contributed by atoms with Crippen LogP contribution in [0, 0.1) is 0 Å². The van der Waals surface area contributed by atoms with Gasteiger partial charge in [-0.1, -0.05) is 18.2 Å². The van der Waals surface area contributed by atoms with E-state index in [0.717, 1.165) is 29.4 Å². The van der Waals surface area contributed by atoms with Crippen LogP contribution in [-0.2, 0) is 4.79 Å². The number of amides is 1. The molecule has 2 aromatic carbocycles. The van der Waals surface area contributed by atoms with E-state index in [1.54, 1.807) is 6.20 Å². The molecule has 0 spiro atoms. The standard InChI is InChI=1S/C20H21N5O/c1-3-25(18-7-5-4-6-8-18)19-13-14-21-20(24-19)23-17-11-9-16(10-12-17)22-15(2)26/h4-14H,3H2,1-2H3,(H,22,26)(H,21,23,24). The van der Waals surface area contributed by atoms with Crippen molar-refractivity contribution in [3.05, 3.63) is 66.9 Å². The van der Waals surface area contributed by atoms with Crippen molar-refractivity contribution >= 4 is 34.7 Å². The van der Waals surface area contributed by atoms with E-state index in [2.05, 4.69) is 44.6 Å². The fraction of sp³-hybridized carbons (Fsp3) is 0.150. The smallest absolute Gasteiger partial charge is 0.229 e. The van der Waals surface area contributed by atoms with Gasteiger partial charge in [0.05, 0.1) is 0 Å². The van der Waals surface area contributed by atoms with Crippen molar-refractivity contribution in [1.29, 1.82) is 0 Å². The van der Waals surface area contributed by atoms with Crippen LogP contribution in [0.4, 0.5) is 28.8 Å². The van der Waals surface area contributed by atoms with Gasteiger partial charge in [-0.05, 0) is 49.4 Å². The van der Waals surface area contributed by atoms with Gasteiger partial charge >= 0.3 is 0 Å². The number of nitrogens with zero attached hydrogens (tertiary/aromatic N) is 3. The molecule has 2 N–H and O–H groups in total. The number of nitrogens with one attached hydrogen (secondary N) is 2. The molecule has 0 saturated carbocycles. The summed E-state index contributed by atoms with van der Waals surface area (Å²) in [7, 11) is 0. The first-order valence-electron chi connectivity index (χ1n) is 8.46. The second-order valence-corrected chi connectivity index (χ2v) is 5.70. The first kappa shape index (κ1) is 17.4. The predicted molar refractivity (Wildman–Crippen MR) is 105 cm³/mol. The minimum atomic E-state index is -0.0951. The minimum absolute atomic E-state index is 0.0951. The Labute approximate surface area is 152 Å². The van der Waals surface area contributed by atoms with Gasteiger partial charge in [0.15, 0.2) is 0 Å². The number of hydrogen-bond acceptors (Lipinski definition) is 5. The van der Waals surface area contributed by atoms with Gasteiger partial charge in [0.2, 0.25) is 11.9 Å². The number of carbonyl (C=O) groups is 1. The molecule has 0 fully saturated rings. The molecule has 0 atom stereocenters. The molecule has 6 heteroatoms. The average molecular weight is 347 g/mol. The number of para-hydroxylation sites is 1. The lowest BCUT2D eigenvalue weighted by molar-refractivity contribution is -0.114. The van der Waals surface area contributed by atoms with Crippen molar-refractivity contribution < 1.29 is 4.79 Å².